The molecule has 1 unspecified atom stereocenters. The highest BCUT2D eigenvalue weighted by molar-refractivity contribution is 7.99. The molecule has 21 heavy (non-hydrogen) atoms. The van der Waals surface area contributed by atoms with E-state index in [0.29, 0.717) is 11.5 Å². The van der Waals surface area contributed by atoms with Crippen molar-refractivity contribution in [2.45, 2.75) is 45.6 Å². The Kier molecular flexibility index (Phi) is 4.63. The van der Waals surface area contributed by atoms with Gasteiger partial charge in [-0.1, -0.05) is 13.8 Å². The quantitative estimate of drug-likeness (QED) is 0.913. The Hall–Kier alpha value is -0.900. The molecule has 1 atom stereocenters. The number of nitrogens with zero attached hydrogens (tertiary/aromatic N) is 2. The topological polar surface area (TPSA) is 28.2 Å². The molecule has 3 rings (SSSR count). The van der Waals surface area contributed by atoms with Crippen LogP contribution in [0.2, 0.25) is 0 Å². The number of rotatable bonds is 3. The smallest absolute Gasteiger partial charge is 0.128 e. The molecule has 2 aliphatic rings. The second kappa shape index (κ2) is 6.47. The standard InChI is InChI=1S/C17H27N3S/c1-17(2)8-11-21-13-15(17)19-14-6-7-16(18-12-14)20-9-4-3-5-10-20/h6-7,12,15,19H,3-5,8-11,13H2,1-2H3. The van der Waals surface area contributed by atoms with Crippen LogP contribution >= 0.6 is 11.8 Å². The van der Waals surface area contributed by atoms with Crippen molar-refractivity contribution in [2.75, 3.05) is 34.8 Å². The van der Waals surface area contributed by atoms with Gasteiger partial charge in [0.2, 0.25) is 0 Å². The number of hydrogen-bond donors (Lipinski definition) is 1. The lowest BCUT2D eigenvalue weighted by atomic mass is 9.82. The summed E-state index contributed by atoms with van der Waals surface area (Å²) >= 11 is 2.06. The van der Waals surface area contributed by atoms with Crippen molar-refractivity contribution in [2.24, 2.45) is 5.41 Å². The van der Waals surface area contributed by atoms with Gasteiger partial charge in [0.25, 0.3) is 0 Å². The Balaban J connectivity index is 1.63. The SMILES string of the molecule is CC1(C)CCSCC1Nc1ccc(N2CCCCC2)nc1. The van der Waals surface area contributed by atoms with Gasteiger partial charge in [-0.3, -0.25) is 0 Å². The highest BCUT2D eigenvalue weighted by Gasteiger charge is 2.32. The van der Waals surface area contributed by atoms with Crippen LogP contribution in [0, 0.1) is 5.41 Å². The first-order valence-corrected chi connectivity index (χ1v) is 9.36. The molecule has 0 aliphatic carbocycles. The third kappa shape index (κ3) is 3.65. The summed E-state index contributed by atoms with van der Waals surface area (Å²) in [7, 11) is 0. The molecule has 1 N–H and O–H groups in total. The third-order valence-corrected chi connectivity index (χ3v) is 5.95. The summed E-state index contributed by atoms with van der Waals surface area (Å²) in [6, 6.07) is 4.92. The number of anilines is 2. The van der Waals surface area contributed by atoms with E-state index in [2.05, 4.69) is 52.9 Å². The second-order valence-electron chi connectivity index (χ2n) is 6.96. The van der Waals surface area contributed by atoms with E-state index in [1.807, 2.05) is 6.20 Å². The molecule has 0 amide bonds. The van der Waals surface area contributed by atoms with Gasteiger partial charge >= 0.3 is 0 Å². The van der Waals surface area contributed by atoms with Crippen molar-refractivity contribution < 1.29 is 0 Å². The number of nitrogens with one attached hydrogen (secondary N) is 1. The normalized spacial score (nSPS) is 25.6. The first-order valence-electron chi connectivity index (χ1n) is 8.20. The van der Waals surface area contributed by atoms with E-state index in [1.54, 1.807) is 0 Å². The molecular weight excluding hydrogens is 278 g/mol. The Morgan fingerprint density at radius 1 is 1.24 bits per heavy atom. The van der Waals surface area contributed by atoms with Gasteiger partial charge in [0.05, 0.1) is 11.9 Å². The van der Waals surface area contributed by atoms with Crippen LogP contribution < -0.4 is 10.2 Å². The predicted molar refractivity (Wildman–Crippen MR) is 93.4 cm³/mol. The van der Waals surface area contributed by atoms with Crippen molar-refractivity contribution in [3.05, 3.63) is 18.3 Å². The summed E-state index contributed by atoms with van der Waals surface area (Å²) in [6.45, 7) is 7.07. The Bertz CT molecular complexity index is 452. The van der Waals surface area contributed by atoms with E-state index in [4.69, 9.17) is 0 Å². The summed E-state index contributed by atoms with van der Waals surface area (Å²) in [5.74, 6) is 3.62. The van der Waals surface area contributed by atoms with Crippen molar-refractivity contribution in [3.63, 3.8) is 0 Å². The van der Waals surface area contributed by atoms with Gasteiger partial charge in [-0.05, 0) is 49.0 Å². The zero-order valence-electron chi connectivity index (χ0n) is 13.3. The molecule has 0 radical (unpaired) electrons. The highest BCUT2D eigenvalue weighted by atomic mass is 32.2. The number of hydrogen-bond acceptors (Lipinski definition) is 4. The zero-order valence-corrected chi connectivity index (χ0v) is 14.1. The first kappa shape index (κ1) is 15.0. The summed E-state index contributed by atoms with van der Waals surface area (Å²) in [6.07, 6.45) is 7.27. The van der Waals surface area contributed by atoms with Crippen LogP contribution in [0.4, 0.5) is 11.5 Å². The van der Waals surface area contributed by atoms with Crippen LogP contribution in [0.5, 0.6) is 0 Å². The molecule has 2 fully saturated rings. The van der Waals surface area contributed by atoms with Crippen LogP contribution in [0.25, 0.3) is 0 Å². The lowest BCUT2D eigenvalue weighted by Crippen LogP contribution is -2.41. The molecule has 116 valence electrons. The Labute approximate surface area is 132 Å². The predicted octanol–water partition coefficient (Wildman–Crippen LogP) is 4.02. The molecular formula is C17H27N3S. The van der Waals surface area contributed by atoms with E-state index in [0.717, 1.165) is 24.6 Å². The summed E-state index contributed by atoms with van der Waals surface area (Å²) in [5, 5.41) is 3.70. The maximum Gasteiger partial charge on any atom is 0.128 e. The van der Waals surface area contributed by atoms with E-state index in [-0.39, 0.29) is 0 Å². The minimum atomic E-state index is 0.372. The molecule has 2 aliphatic heterocycles. The number of pyridine rings is 1. The lowest BCUT2D eigenvalue weighted by Gasteiger charge is -2.39. The fourth-order valence-electron chi connectivity index (χ4n) is 3.16. The number of thioether (sulfide) groups is 1. The van der Waals surface area contributed by atoms with Crippen LogP contribution in [0.3, 0.4) is 0 Å². The van der Waals surface area contributed by atoms with Crippen molar-refractivity contribution >= 4 is 23.3 Å². The average molecular weight is 305 g/mol. The fraction of sp³-hybridized carbons (Fsp3) is 0.706. The summed E-state index contributed by atoms with van der Waals surface area (Å²) in [5.41, 5.74) is 1.54. The van der Waals surface area contributed by atoms with Crippen LogP contribution in [-0.2, 0) is 0 Å². The van der Waals surface area contributed by atoms with Crippen molar-refractivity contribution in [1.82, 2.24) is 4.98 Å². The highest BCUT2D eigenvalue weighted by Crippen LogP contribution is 2.36. The molecule has 4 heteroatoms. The molecule has 3 nitrogen and oxygen atoms in total. The molecule has 1 aromatic heterocycles. The van der Waals surface area contributed by atoms with Crippen molar-refractivity contribution in [1.29, 1.82) is 0 Å². The summed E-state index contributed by atoms with van der Waals surface area (Å²) < 4.78 is 0. The van der Waals surface area contributed by atoms with Gasteiger partial charge in [-0.2, -0.15) is 11.8 Å². The van der Waals surface area contributed by atoms with Crippen LogP contribution in [0.1, 0.15) is 39.5 Å². The van der Waals surface area contributed by atoms with Crippen LogP contribution in [0.15, 0.2) is 18.3 Å². The second-order valence-corrected chi connectivity index (χ2v) is 8.11. The van der Waals surface area contributed by atoms with Crippen LogP contribution in [-0.4, -0.2) is 35.6 Å². The largest absolute Gasteiger partial charge is 0.380 e. The molecule has 2 saturated heterocycles. The maximum atomic E-state index is 4.67. The molecule has 0 spiro atoms. The van der Waals surface area contributed by atoms with E-state index in [9.17, 15) is 0 Å². The zero-order chi connectivity index (χ0) is 14.7. The molecule has 1 aromatic rings. The fourth-order valence-corrected chi connectivity index (χ4v) is 4.76. The van der Waals surface area contributed by atoms with E-state index >= 15 is 0 Å². The number of piperidine rings is 1. The molecule has 0 bridgehead atoms. The third-order valence-electron chi connectivity index (χ3n) is 4.89. The number of aromatic nitrogens is 1. The molecule has 0 aromatic carbocycles. The first-order chi connectivity index (χ1) is 10.1. The summed E-state index contributed by atoms with van der Waals surface area (Å²) in [4.78, 5) is 7.08. The Morgan fingerprint density at radius 3 is 2.71 bits per heavy atom. The lowest BCUT2D eigenvalue weighted by molar-refractivity contribution is 0.305. The average Bonchev–Trinajstić information content (AvgIpc) is 2.51. The van der Waals surface area contributed by atoms with E-state index in [1.165, 1.54) is 37.2 Å². The van der Waals surface area contributed by atoms with Gasteiger partial charge in [0.15, 0.2) is 0 Å². The van der Waals surface area contributed by atoms with Gasteiger partial charge in [0.1, 0.15) is 5.82 Å². The van der Waals surface area contributed by atoms with E-state index < -0.39 is 0 Å². The van der Waals surface area contributed by atoms with Gasteiger partial charge in [-0.15, -0.1) is 0 Å². The molecule has 0 saturated carbocycles. The van der Waals surface area contributed by atoms with Gasteiger partial charge in [-0.25, -0.2) is 4.98 Å². The van der Waals surface area contributed by atoms with Gasteiger partial charge in [0, 0.05) is 24.9 Å². The monoisotopic (exact) mass is 305 g/mol. The minimum Gasteiger partial charge on any atom is -0.380 e. The van der Waals surface area contributed by atoms with Crippen molar-refractivity contribution in [3.8, 4) is 0 Å². The van der Waals surface area contributed by atoms with Gasteiger partial charge < -0.3 is 10.2 Å². The maximum absolute atomic E-state index is 4.67. The molecule has 3 heterocycles. The Morgan fingerprint density at radius 2 is 2.05 bits per heavy atom. The minimum absolute atomic E-state index is 0.372.